The van der Waals surface area contributed by atoms with Gasteiger partial charge in [-0.1, -0.05) is 26.0 Å². The lowest BCUT2D eigenvalue weighted by molar-refractivity contribution is -0.315. The zero-order valence-corrected chi connectivity index (χ0v) is 19.3. The van der Waals surface area contributed by atoms with E-state index in [2.05, 4.69) is 19.2 Å². The monoisotopic (exact) mass is 449 g/mol. The van der Waals surface area contributed by atoms with Gasteiger partial charge in [0.2, 0.25) is 5.91 Å². The van der Waals surface area contributed by atoms with Gasteiger partial charge in [-0.05, 0) is 60.6 Å². The van der Waals surface area contributed by atoms with Gasteiger partial charge in [0.25, 0.3) is 0 Å². The fraction of sp³-hybridized carbons (Fsp3) is 0.720. The number of hydrogen-bond donors (Lipinski definition) is 2. The van der Waals surface area contributed by atoms with E-state index in [1.807, 2.05) is 0 Å². The van der Waals surface area contributed by atoms with E-state index in [-0.39, 0.29) is 47.3 Å². The molecule has 0 radical (unpaired) electrons. The van der Waals surface area contributed by atoms with Crippen molar-refractivity contribution in [2.45, 2.75) is 71.0 Å². The summed E-state index contributed by atoms with van der Waals surface area (Å²) >= 11 is 0. The highest BCUT2D eigenvalue weighted by atomic mass is 19.1. The first-order valence-electron chi connectivity index (χ1n) is 11.7. The molecule has 2 N–H and O–H groups in total. The Labute approximate surface area is 189 Å². The largest absolute Gasteiger partial charge is 0.393 e. The minimum Gasteiger partial charge on any atom is -0.393 e. The second-order valence-corrected chi connectivity index (χ2v) is 10.3. The van der Waals surface area contributed by atoms with E-state index in [1.165, 1.54) is 12.1 Å². The first kappa shape index (κ1) is 23.6. The summed E-state index contributed by atoms with van der Waals surface area (Å²) < 4.78 is 30.6. The Bertz CT molecular complexity index is 804. The highest BCUT2D eigenvalue weighted by Crippen LogP contribution is 2.62. The molecule has 4 rings (SSSR count). The lowest BCUT2D eigenvalue weighted by Crippen LogP contribution is -2.63. The van der Waals surface area contributed by atoms with E-state index in [1.54, 1.807) is 19.2 Å². The summed E-state index contributed by atoms with van der Waals surface area (Å²) in [6.07, 6.45) is 2.92. The smallest absolute Gasteiger partial charge is 0.220 e. The van der Waals surface area contributed by atoms with E-state index in [9.17, 15) is 14.3 Å². The molecule has 32 heavy (non-hydrogen) atoms. The van der Waals surface area contributed by atoms with Crippen LogP contribution in [0.1, 0.15) is 51.5 Å². The normalized spacial score (nSPS) is 39.1. The van der Waals surface area contributed by atoms with Crippen molar-refractivity contribution in [3.05, 3.63) is 35.6 Å². The molecule has 3 aliphatic rings. The molecule has 1 aliphatic heterocycles. The molecule has 1 unspecified atom stereocenters. The number of aliphatic hydroxyl groups excluding tert-OH is 1. The molecule has 6 nitrogen and oxygen atoms in total. The quantitative estimate of drug-likeness (QED) is 0.696. The van der Waals surface area contributed by atoms with Crippen molar-refractivity contribution in [2.24, 2.45) is 22.7 Å². The van der Waals surface area contributed by atoms with Crippen molar-refractivity contribution in [1.29, 1.82) is 0 Å². The van der Waals surface area contributed by atoms with Crippen LogP contribution in [0.4, 0.5) is 4.39 Å². The molecule has 1 heterocycles. The third-order valence-electron chi connectivity index (χ3n) is 8.34. The number of nitrogens with one attached hydrogen (secondary N) is 1. The molecule has 7 heteroatoms. The van der Waals surface area contributed by atoms with Crippen molar-refractivity contribution in [1.82, 2.24) is 5.32 Å². The number of ether oxygens (including phenoxy) is 3. The number of hydrogen-bond acceptors (Lipinski definition) is 5. The number of aliphatic hydroxyl groups is 1. The molecule has 2 aliphatic carbocycles. The maximum absolute atomic E-state index is 13.1. The number of fused-ring (bicyclic) bond motifs is 3. The Morgan fingerprint density at radius 1 is 1.22 bits per heavy atom. The third kappa shape index (κ3) is 4.45. The molecule has 1 amide bonds. The van der Waals surface area contributed by atoms with Crippen molar-refractivity contribution in [3.63, 3.8) is 0 Å². The highest BCUT2D eigenvalue weighted by molar-refractivity contribution is 5.76. The maximum atomic E-state index is 13.1. The van der Waals surface area contributed by atoms with Gasteiger partial charge in [-0.3, -0.25) is 4.79 Å². The first-order valence-corrected chi connectivity index (χ1v) is 11.7. The van der Waals surface area contributed by atoms with Crippen LogP contribution in [0.2, 0.25) is 0 Å². The van der Waals surface area contributed by atoms with Gasteiger partial charge in [-0.25, -0.2) is 4.39 Å². The second-order valence-electron chi connectivity index (χ2n) is 10.3. The molecule has 0 aromatic heterocycles. The van der Waals surface area contributed by atoms with E-state index in [0.717, 1.165) is 24.8 Å². The standard InChI is InChI=1S/C25H36FNO5/c1-24-11-10-21-25(2,15-31-23(32-21)14-30-3)20(24)9-8-19(28)18(24)12-22(29)27-13-16-4-6-17(26)7-5-16/h4-7,18-21,23,28H,8-15H2,1-3H3,(H,27,29)/t18-,19-,20?,21-,23-,24+,25+/m1/s1. The van der Waals surface area contributed by atoms with Crippen molar-refractivity contribution < 1.29 is 28.5 Å². The molecular formula is C25H36FNO5. The van der Waals surface area contributed by atoms with Crippen LogP contribution in [-0.4, -0.2) is 49.8 Å². The van der Waals surface area contributed by atoms with Gasteiger partial charge in [0.05, 0.1) is 25.4 Å². The highest BCUT2D eigenvalue weighted by Gasteiger charge is 2.61. The summed E-state index contributed by atoms with van der Waals surface area (Å²) in [5, 5.41) is 13.9. The molecule has 178 valence electrons. The summed E-state index contributed by atoms with van der Waals surface area (Å²) in [7, 11) is 1.65. The van der Waals surface area contributed by atoms with Crippen molar-refractivity contribution >= 4 is 5.91 Å². The number of amides is 1. The van der Waals surface area contributed by atoms with Gasteiger partial charge in [0, 0.05) is 25.5 Å². The fourth-order valence-corrected chi connectivity index (χ4v) is 6.58. The summed E-state index contributed by atoms with van der Waals surface area (Å²) in [5.41, 5.74) is 0.528. The minimum atomic E-state index is -0.500. The maximum Gasteiger partial charge on any atom is 0.220 e. The molecule has 7 atom stereocenters. The van der Waals surface area contributed by atoms with Crippen LogP contribution < -0.4 is 5.32 Å². The zero-order chi connectivity index (χ0) is 22.9. The van der Waals surface area contributed by atoms with Crippen molar-refractivity contribution in [2.75, 3.05) is 20.3 Å². The molecule has 3 fully saturated rings. The Morgan fingerprint density at radius 2 is 1.97 bits per heavy atom. The number of benzene rings is 1. The Hall–Kier alpha value is -1.54. The topological polar surface area (TPSA) is 77.0 Å². The molecule has 0 bridgehead atoms. The molecule has 1 saturated heterocycles. The van der Waals surface area contributed by atoms with Crippen LogP contribution in [0, 0.1) is 28.5 Å². The fourth-order valence-electron chi connectivity index (χ4n) is 6.58. The Kier molecular flexibility index (Phi) is 6.92. The van der Waals surface area contributed by atoms with E-state index >= 15 is 0 Å². The van der Waals surface area contributed by atoms with Gasteiger partial charge >= 0.3 is 0 Å². The lowest BCUT2D eigenvalue weighted by atomic mass is 9.46. The van der Waals surface area contributed by atoms with Gasteiger partial charge in [-0.2, -0.15) is 0 Å². The van der Waals surface area contributed by atoms with E-state index in [4.69, 9.17) is 14.2 Å². The predicted molar refractivity (Wildman–Crippen MR) is 117 cm³/mol. The summed E-state index contributed by atoms with van der Waals surface area (Å²) in [6, 6.07) is 6.13. The Balaban J connectivity index is 1.44. The van der Waals surface area contributed by atoms with E-state index in [0.29, 0.717) is 32.1 Å². The summed E-state index contributed by atoms with van der Waals surface area (Å²) in [5.74, 6) is -0.194. The lowest BCUT2D eigenvalue weighted by Gasteiger charge is -2.62. The molecule has 0 spiro atoms. The molecule has 2 saturated carbocycles. The summed E-state index contributed by atoms with van der Waals surface area (Å²) in [4.78, 5) is 12.8. The Morgan fingerprint density at radius 3 is 2.69 bits per heavy atom. The van der Waals surface area contributed by atoms with Gasteiger partial charge in [-0.15, -0.1) is 0 Å². The van der Waals surface area contributed by atoms with E-state index < -0.39 is 6.10 Å². The predicted octanol–water partition coefficient (Wildman–Crippen LogP) is 3.41. The molecule has 1 aromatic carbocycles. The summed E-state index contributed by atoms with van der Waals surface area (Å²) in [6.45, 7) is 5.85. The molecular weight excluding hydrogens is 413 g/mol. The van der Waals surface area contributed by atoms with Crippen LogP contribution >= 0.6 is 0 Å². The number of carbonyl (C=O) groups excluding carboxylic acids is 1. The second kappa shape index (κ2) is 9.37. The van der Waals surface area contributed by atoms with Crippen LogP contribution in [0.15, 0.2) is 24.3 Å². The van der Waals surface area contributed by atoms with Crippen LogP contribution in [-0.2, 0) is 25.5 Å². The van der Waals surface area contributed by atoms with Crippen molar-refractivity contribution in [3.8, 4) is 0 Å². The number of halogens is 1. The van der Waals surface area contributed by atoms with Gasteiger partial charge < -0.3 is 24.6 Å². The van der Waals surface area contributed by atoms with Crippen LogP contribution in [0.25, 0.3) is 0 Å². The average molecular weight is 450 g/mol. The average Bonchev–Trinajstić information content (AvgIpc) is 2.76. The number of carbonyl (C=O) groups is 1. The zero-order valence-electron chi connectivity index (χ0n) is 19.3. The van der Waals surface area contributed by atoms with Crippen LogP contribution in [0.5, 0.6) is 0 Å². The SMILES string of the molecule is COC[C@@H]1OC[C@@]2(C)C3CC[C@@H](O)[C@@H](CC(=O)NCc4ccc(F)cc4)[C@]3(C)CC[C@H]2O1. The molecule has 1 aromatic rings. The number of methoxy groups -OCH3 is 1. The number of rotatable bonds is 6. The first-order chi connectivity index (χ1) is 15.3. The minimum absolute atomic E-state index is 0.0798. The van der Waals surface area contributed by atoms with Gasteiger partial charge in [0.1, 0.15) is 5.82 Å². The van der Waals surface area contributed by atoms with Gasteiger partial charge in [0.15, 0.2) is 6.29 Å². The third-order valence-corrected chi connectivity index (χ3v) is 8.34. The van der Waals surface area contributed by atoms with Crippen LogP contribution in [0.3, 0.4) is 0 Å².